The fourth-order valence-corrected chi connectivity index (χ4v) is 3.36. The second-order valence-electron chi connectivity index (χ2n) is 4.81. The van der Waals surface area contributed by atoms with Gasteiger partial charge in [0.25, 0.3) is 0 Å². The SMILES string of the molecule is O=S(=O)(NC[C@H]1CCC[C@H]1O)c1cc(F)c(F)c(F)c1. The lowest BCUT2D eigenvalue weighted by atomic mass is 10.1. The van der Waals surface area contributed by atoms with Crippen LogP contribution in [0.15, 0.2) is 17.0 Å². The van der Waals surface area contributed by atoms with Gasteiger partial charge in [-0.1, -0.05) is 6.42 Å². The Hall–Kier alpha value is -1.12. The van der Waals surface area contributed by atoms with Gasteiger partial charge in [-0.25, -0.2) is 26.3 Å². The van der Waals surface area contributed by atoms with E-state index in [2.05, 4.69) is 4.72 Å². The second-order valence-corrected chi connectivity index (χ2v) is 6.58. The Balaban J connectivity index is 2.14. The number of aliphatic hydroxyl groups excluding tert-OH is 1. The largest absolute Gasteiger partial charge is 0.393 e. The highest BCUT2D eigenvalue weighted by atomic mass is 32.2. The molecule has 2 rings (SSSR count). The van der Waals surface area contributed by atoms with Gasteiger partial charge in [-0.3, -0.25) is 0 Å². The molecule has 1 aromatic carbocycles. The number of hydrogen-bond acceptors (Lipinski definition) is 3. The number of nitrogens with one attached hydrogen (secondary N) is 1. The molecule has 2 atom stereocenters. The molecule has 112 valence electrons. The van der Waals surface area contributed by atoms with Crippen LogP contribution < -0.4 is 4.72 Å². The van der Waals surface area contributed by atoms with Gasteiger partial charge in [-0.15, -0.1) is 0 Å². The highest BCUT2D eigenvalue weighted by Gasteiger charge is 2.27. The molecule has 4 nitrogen and oxygen atoms in total. The Morgan fingerprint density at radius 1 is 1.20 bits per heavy atom. The van der Waals surface area contributed by atoms with Crippen LogP contribution in [0.25, 0.3) is 0 Å². The molecule has 0 bridgehead atoms. The quantitative estimate of drug-likeness (QED) is 0.829. The first-order valence-electron chi connectivity index (χ1n) is 6.13. The van der Waals surface area contributed by atoms with Crippen LogP contribution >= 0.6 is 0 Å². The van der Waals surface area contributed by atoms with Crippen LogP contribution in [0.1, 0.15) is 19.3 Å². The number of aliphatic hydroxyl groups is 1. The zero-order valence-corrected chi connectivity index (χ0v) is 11.3. The summed E-state index contributed by atoms with van der Waals surface area (Å²) in [5, 5.41) is 9.58. The molecule has 1 aliphatic carbocycles. The molecule has 2 N–H and O–H groups in total. The van der Waals surface area contributed by atoms with Crippen molar-refractivity contribution in [3.05, 3.63) is 29.6 Å². The Morgan fingerprint density at radius 3 is 2.30 bits per heavy atom. The molecule has 1 fully saturated rings. The lowest BCUT2D eigenvalue weighted by Gasteiger charge is -2.15. The molecular formula is C12H14F3NO3S. The molecule has 0 unspecified atom stereocenters. The smallest absolute Gasteiger partial charge is 0.240 e. The normalized spacial score (nSPS) is 23.2. The van der Waals surface area contributed by atoms with Crippen LogP contribution in [-0.2, 0) is 10.0 Å². The van der Waals surface area contributed by atoms with E-state index in [1.165, 1.54) is 0 Å². The summed E-state index contributed by atoms with van der Waals surface area (Å²) in [4.78, 5) is -0.679. The fourth-order valence-electron chi connectivity index (χ4n) is 2.24. The van der Waals surface area contributed by atoms with Gasteiger partial charge in [0.05, 0.1) is 11.0 Å². The molecule has 1 aliphatic rings. The van der Waals surface area contributed by atoms with Crippen LogP contribution in [-0.4, -0.2) is 26.2 Å². The van der Waals surface area contributed by atoms with Gasteiger partial charge in [0, 0.05) is 6.54 Å². The molecule has 0 aromatic heterocycles. The standard InChI is InChI=1S/C12H14F3NO3S/c13-9-4-8(5-10(14)12(9)15)20(18,19)16-6-7-2-1-3-11(7)17/h4-5,7,11,16-17H,1-3,6H2/t7-,11-/m1/s1. The van der Waals surface area contributed by atoms with Crippen molar-refractivity contribution in [2.45, 2.75) is 30.3 Å². The van der Waals surface area contributed by atoms with E-state index in [0.717, 1.165) is 6.42 Å². The van der Waals surface area contributed by atoms with Crippen molar-refractivity contribution in [2.24, 2.45) is 5.92 Å². The Bertz CT molecular complexity index is 583. The first-order valence-corrected chi connectivity index (χ1v) is 7.62. The molecule has 20 heavy (non-hydrogen) atoms. The number of halogens is 3. The van der Waals surface area contributed by atoms with E-state index in [-0.39, 0.29) is 12.5 Å². The summed E-state index contributed by atoms with van der Waals surface area (Å²) in [6.45, 7) is -0.0237. The van der Waals surface area contributed by atoms with Gasteiger partial charge in [-0.2, -0.15) is 0 Å². The summed E-state index contributed by atoms with van der Waals surface area (Å²) in [5.41, 5.74) is 0. The van der Waals surface area contributed by atoms with Gasteiger partial charge in [0.1, 0.15) is 0 Å². The molecule has 8 heteroatoms. The van der Waals surface area contributed by atoms with Crippen LogP contribution in [0, 0.1) is 23.4 Å². The fraction of sp³-hybridized carbons (Fsp3) is 0.500. The van der Waals surface area contributed by atoms with Gasteiger partial charge in [0.2, 0.25) is 10.0 Å². The monoisotopic (exact) mass is 309 g/mol. The minimum Gasteiger partial charge on any atom is -0.393 e. The van der Waals surface area contributed by atoms with E-state index in [9.17, 15) is 26.7 Å². The van der Waals surface area contributed by atoms with E-state index in [1.54, 1.807) is 0 Å². The van der Waals surface area contributed by atoms with Crippen LogP contribution in [0.4, 0.5) is 13.2 Å². The van der Waals surface area contributed by atoms with Gasteiger partial charge >= 0.3 is 0 Å². The predicted molar refractivity (Wildman–Crippen MR) is 64.9 cm³/mol. The molecule has 0 spiro atoms. The van der Waals surface area contributed by atoms with E-state index in [1.807, 2.05) is 0 Å². The van der Waals surface area contributed by atoms with E-state index >= 15 is 0 Å². The van der Waals surface area contributed by atoms with E-state index < -0.39 is 38.5 Å². The van der Waals surface area contributed by atoms with Crippen LogP contribution in [0.3, 0.4) is 0 Å². The maximum atomic E-state index is 13.0. The molecule has 0 radical (unpaired) electrons. The Labute approximate surface area is 114 Å². The van der Waals surface area contributed by atoms with Gasteiger partial charge < -0.3 is 5.11 Å². The third-order valence-corrected chi connectivity index (χ3v) is 4.83. The molecule has 0 saturated heterocycles. The molecule has 0 aliphatic heterocycles. The maximum absolute atomic E-state index is 13.0. The van der Waals surface area contributed by atoms with E-state index in [4.69, 9.17) is 0 Å². The summed E-state index contributed by atoms with van der Waals surface area (Å²) in [5.74, 6) is -5.06. The number of benzene rings is 1. The number of sulfonamides is 1. The highest BCUT2D eigenvalue weighted by Crippen LogP contribution is 2.25. The Morgan fingerprint density at radius 2 is 1.80 bits per heavy atom. The second kappa shape index (κ2) is 5.71. The van der Waals surface area contributed by atoms with Crippen molar-refractivity contribution in [3.63, 3.8) is 0 Å². The number of rotatable bonds is 4. The molecule has 1 aromatic rings. The number of hydrogen-bond donors (Lipinski definition) is 2. The highest BCUT2D eigenvalue weighted by molar-refractivity contribution is 7.89. The first-order chi connectivity index (χ1) is 9.31. The molecule has 0 heterocycles. The lowest BCUT2D eigenvalue weighted by molar-refractivity contribution is 0.134. The van der Waals surface area contributed by atoms with Crippen LogP contribution in [0.2, 0.25) is 0 Å². The van der Waals surface area contributed by atoms with Crippen molar-refractivity contribution < 1.29 is 26.7 Å². The summed E-state index contributed by atoms with van der Waals surface area (Å²) in [6, 6.07) is 0.845. The third-order valence-electron chi connectivity index (χ3n) is 3.42. The average molecular weight is 309 g/mol. The average Bonchev–Trinajstić information content (AvgIpc) is 2.78. The summed E-state index contributed by atoms with van der Waals surface area (Å²) in [7, 11) is -4.14. The van der Waals surface area contributed by atoms with E-state index in [0.29, 0.717) is 25.0 Å². The molecule has 0 amide bonds. The van der Waals surface area contributed by atoms with Gasteiger partial charge in [-0.05, 0) is 30.9 Å². The van der Waals surface area contributed by atoms with Crippen molar-refractivity contribution in [2.75, 3.05) is 6.54 Å². The zero-order valence-electron chi connectivity index (χ0n) is 10.4. The maximum Gasteiger partial charge on any atom is 0.240 e. The van der Waals surface area contributed by atoms with Crippen molar-refractivity contribution in [1.29, 1.82) is 0 Å². The molecule has 1 saturated carbocycles. The minimum absolute atomic E-state index is 0.0237. The third kappa shape index (κ3) is 3.13. The Kier molecular flexibility index (Phi) is 4.36. The topological polar surface area (TPSA) is 66.4 Å². The van der Waals surface area contributed by atoms with Gasteiger partial charge in [0.15, 0.2) is 17.5 Å². The van der Waals surface area contributed by atoms with Crippen molar-refractivity contribution in [1.82, 2.24) is 4.72 Å². The van der Waals surface area contributed by atoms with Crippen LogP contribution in [0.5, 0.6) is 0 Å². The predicted octanol–water partition coefficient (Wildman–Crippen LogP) is 1.54. The molecular weight excluding hydrogens is 295 g/mol. The summed E-state index contributed by atoms with van der Waals surface area (Å²) in [6.07, 6.45) is 1.49. The first kappa shape index (κ1) is 15.3. The summed E-state index contributed by atoms with van der Waals surface area (Å²) >= 11 is 0. The zero-order chi connectivity index (χ0) is 14.9. The lowest BCUT2D eigenvalue weighted by Crippen LogP contribution is -2.32. The minimum atomic E-state index is -4.14. The summed E-state index contributed by atoms with van der Waals surface area (Å²) < 4.78 is 64.7. The van der Waals surface area contributed by atoms with Crippen molar-refractivity contribution in [3.8, 4) is 0 Å². The van der Waals surface area contributed by atoms with Crippen molar-refractivity contribution >= 4 is 10.0 Å².